The van der Waals surface area contributed by atoms with Crippen molar-refractivity contribution in [1.29, 1.82) is 0 Å². The minimum Gasteiger partial charge on any atom is -0.481 e. The Kier molecular flexibility index (Phi) is 6.09. The number of carbonyl (C=O) groups excluding carboxylic acids is 2. The zero-order valence-corrected chi connectivity index (χ0v) is 15.0. The predicted octanol–water partition coefficient (Wildman–Crippen LogP) is 3.55. The number of aryl methyl sites for hydroxylation is 1. The summed E-state index contributed by atoms with van der Waals surface area (Å²) in [6.07, 6.45) is -5.37. The van der Waals surface area contributed by atoms with Gasteiger partial charge < -0.3 is 4.74 Å². The Morgan fingerprint density at radius 1 is 1.00 bits per heavy atom. The van der Waals surface area contributed by atoms with Crippen LogP contribution < -0.4 is 15.6 Å². The van der Waals surface area contributed by atoms with Crippen molar-refractivity contribution in [2.24, 2.45) is 0 Å². The summed E-state index contributed by atoms with van der Waals surface area (Å²) in [4.78, 5) is 24.0. The number of halogens is 3. The second kappa shape index (κ2) is 8.11. The van der Waals surface area contributed by atoms with E-state index in [0.717, 1.165) is 35.4 Å². The van der Waals surface area contributed by atoms with Gasteiger partial charge in [-0.15, -0.1) is 0 Å². The highest BCUT2D eigenvalue weighted by Gasteiger charge is 2.30. The Morgan fingerprint density at radius 2 is 1.63 bits per heavy atom. The van der Waals surface area contributed by atoms with Crippen LogP contribution in [0.1, 0.15) is 34.0 Å². The van der Waals surface area contributed by atoms with Crippen LogP contribution in [0.25, 0.3) is 0 Å². The number of amides is 2. The van der Waals surface area contributed by atoms with Gasteiger partial charge >= 0.3 is 6.18 Å². The smallest absolute Gasteiger partial charge is 0.416 e. The third-order valence-electron chi connectivity index (χ3n) is 4.00. The van der Waals surface area contributed by atoms with E-state index in [1.165, 1.54) is 6.92 Å². The maximum atomic E-state index is 12.5. The molecule has 8 heteroatoms. The lowest BCUT2D eigenvalue weighted by Gasteiger charge is -2.17. The summed E-state index contributed by atoms with van der Waals surface area (Å²) in [7, 11) is 0. The first-order chi connectivity index (χ1) is 12.6. The lowest BCUT2D eigenvalue weighted by Crippen LogP contribution is -2.47. The van der Waals surface area contributed by atoms with Crippen LogP contribution in [0, 0.1) is 13.8 Å². The molecule has 0 aliphatic carbocycles. The first kappa shape index (κ1) is 20.3. The number of hydrazine groups is 1. The highest BCUT2D eigenvalue weighted by Crippen LogP contribution is 2.29. The summed E-state index contributed by atoms with van der Waals surface area (Å²) in [6.45, 7) is 5.29. The first-order valence-electron chi connectivity index (χ1n) is 8.10. The molecule has 5 nitrogen and oxygen atoms in total. The molecule has 0 aromatic heterocycles. The van der Waals surface area contributed by atoms with Crippen LogP contribution in [-0.2, 0) is 11.0 Å². The van der Waals surface area contributed by atoms with E-state index in [4.69, 9.17) is 4.74 Å². The molecule has 0 bridgehead atoms. The summed E-state index contributed by atoms with van der Waals surface area (Å²) in [5, 5.41) is 0. The monoisotopic (exact) mass is 380 g/mol. The van der Waals surface area contributed by atoms with Crippen molar-refractivity contribution in [1.82, 2.24) is 10.9 Å². The molecule has 2 rings (SSSR count). The fourth-order valence-electron chi connectivity index (χ4n) is 2.20. The van der Waals surface area contributed by atoms with Crippen LogP contribution in [0.15, 0.2) is 42.5 Å². The molecule has 0 saturated heterocycles. The number of ether oxygens (including phenoxy) is 1. The summed E-state index contributed by atoms with van der Waals surface area (Å²) in [5.41, 5.74) is 5.36. The minimum absolute atomic E-state index is 0.0219. The van der Waals surface area contributed by atoms with Crippen molar-refractivity contribution in [2.75, 3.05) is 0 Å². The predicted molar refractivity (Wildman–Crippen MR) is 93.1 cm³/mol. The van der Waals surface area contributed by atoms with E-state index in [1.807, 2.05) is 19.9 Å². The lowest BCUT2D eigenvalue weighted by atomic mass is 10.1. The zero-order valence-electron chi connectivity index (χ0n) is 15.0. The van der Waals surface area contributed by atoms with Gasteiger partial charge in [0, 0.05) is 5.56 Å². The molecule has 0 saturated carbocycles. The van der Waals surface area contributed by atoms with Gasteiger partial charge in [0.05, 0.1) is 5.56 Å². The van der Waals surface area contributed by atoms with Crippen molar-refractivity contribution in [3.63, 3.8) is 0 Å². The average Bonchev–Trinajstić information content (AvgIpc) is 2.62. The van der Waals surface area contributed by atoms with Gasteiger partial charge in [0.2, 0.25) is 0 Å². The molecule has 2 aromatic rings. The van der Waals surface area contributed by atoms with Crippen LogP contribution in [0.4, 0.5) is 13.2 Å². The number of hydrogen-bond acceptors (Lipinski definition) is 3. The van der Waals surface area contributed by atoms with Gasteiger partial charge in [0.15, 0.2) is 6.10 Å². The van der Waals surface area contributed by atoms with Crippen molar-refractivity contribution in [3.05, 3.63) is 64.7 Å². The Balaban J connectivity index is 1.92. The molecule has 2 aromatic carbocycles. The SMILES string of the molecule is Cc1cccc(O[C@@H](C)C(=O)NNC(=O)c2ccc(C(F)(F)F)cc2)c1C. The van der Waals surface area contributed by atoms with Gasteiger partial charge in [-0.3, -0.25) is 20.4 Å². The van der Waals surface area contributed by atoms with Crippen LogP contribution in [-0.4, -0.2) is 17.9 Å². The summed E-state index contributed by atoms with van der Waals surface area (Å²) in [5.74, 6) is -0.793. The highest BCUT2D eigenvalue weighted by molar-refractivity contribution is 5.95. The number of alkyl halides is 3. The van der Waals surface area contributed by atoms with Crippen molar-refractivity contribution in [2.45, 2.75) is 33.1 Å². The Bertz CT molecular complexity index is 833. The van der Waals surface area contributed by atoms with E-state index in [9.17, 15) is 22.8 Å². The van der Waals surface area contributed by atoms with E-state index in [2.05, 4.69) is 10.9 Å². The quantitative estimate of drug-likeness (QED) is 0.798. The minimum atomic E-state index is -4.48. The third-order valence-corrected chi connectivity index (χ3v) is 4.00. The molecular formula is C19H19F3N2O3. The standard InChI is InChI=1S/C19H19F3N2O3/c1-11-5-4-6-16(12(11)2)27-13(3)17(25)23-24-18(26)14-7-9-15(10-8-14)19(20,21)22/h4-10,13H,1-3H3,(H,23,25)(H,24,26)/t13-/m0/s1. The van der Waals surface area contributed by atoms with Crippen molar-refractivity contribution in [3.8, 4) is 5.75 Å². The van der Waals surface area contributed by atoms with Crippen molar-refractivity contribution < 1.29 is 27.5 Å². The van der Waals surface area contributed by atoms with Gasteiger partial charge in [-0.05, 0) is 62.2 Å². The van der Waals surface area contributed by atoms with Crippen LogP contribution in [0.3, 0.4) is 0 Å². The van der Waals surface area contributed by atoms with Crippen LogP contribution in [0.5, 0.6) is 5.75 Å². The number of benzene rings is 2. The largest absolute Gasteiger partial charge is 0.481 e. The van der Waals surface area contributed by atoms with E-state index >= 15 is 0 Å². The molecular weight excluding hydrogens is 361 g/mol. The van der Waals surface area contributed by atoms with E-state index < -0.39 is 29.7 Å². The van der Waals surface area contributed by atoms with Gasteiger partial charge in [0.1, 0.15) is 5.75 Å². The Morgan fingerprint density at radius 3 is 2.22 bits per heavy atom. The molecule has 0 aliphatic rings. The number of nitrogens with one attached hydrogen (secondary N) is 2. The molecule has 0 aliphatic heterocycles. The molecule has 1 atom stereocenters. The van der Waals surface area contributed by atoms with E-state index in [1.54, 1.807) is 12.1 Å². The maximum absolute atomic E-state index is 12.5. The van der Waals surface area contributed by atoms with Gasteiger partial charge in [-0.2, -0.15) is 13.2 Å². The third kappa shape index (κ3) is 5.22. The van der Waals surface area contributed by atoms with Crippen molar-refractivity contribution >= 4 is 11.8 Å². The first-order valence-corrected chi connectivity index (χ1v) is 8.10. The van der Waals surface area contributed by atoms with E-state index in [-0.39, 0.29) is 5.56 Å². The molecule has 0 spiro atoms. The Hall–Kier alpha value is -3.03. The molecule has 0 radical (unpaired) electrons. The molecule has 0 fully saturated rings. The second-order valence-corrected chi connectivity index (χ2v) is 5.98. The highest BCUT2D eigenvalue weighted by atomic mass is 19.4. The number of rotatable bonds is 4. The fraction of sp³-hybridized carbons (Fsp3) is 0.263. The number of hydrogen-bond donors (Lipinski definition) is 2. The lowest BCUT2D eigenvalue weighted by molar-refractivity contribution is -0.137. The average molecular weight is 380 g/mol. The summed E-state index contributed by atoms with van der Waals surface area (Å²) in [6, 6.07) is 9.09. The molecule has 2 N–H and O–H groups in total. The Labute approximate surface area is 154 Å². The van der Waals surface area contributed by atoms with Gasteiger partial charge in [-0.25, -0.2) is 0 Å². The molecule has 27 heavy (non-hydrogen) atoms. The molecule has 0 unspecified atom stereocenters. The van der Waals surface area contributed by atoms with E-state index in [0.29, 0.717) is 5.75 Å². The van der Waals surface area contributed by atoms with Gasteiger partial charge in [-0.1, -0.05) is 12.1 Å². The van der Waals surface area contributed by atoms with Gasteiger partial charge in [0.25, 0.3) is 11.8 Å². The molecule has 2 amide bonds. The zero-order chi connectivity index (χ0) is 20.2. The summed E-state index contributed by atoms with van der Waals surface area (Å²) >= 11 is 0. The maximum Gasteiger partial charge on any atom is 0.416 e. The van der Waals surface area contributed by atoms with Crippen LogP contribution >= 0.6 is 0 Å². The topological polar surface area (TPSA) is 67.4 Å². The summed E-state index contributed by atoms with van der Waals surface area (Å²) < 4.78 is 43.2. The molecule has 144 valence electrons. The molecule has 0 heterocycles. The number of carbonyl (C=O) groups is 2. The van der Waals surface area contributed by atoms with Crippen LogP contribution in [0.2, 0.25) is 0 Å². The second-order valence-electron chi connectivity index (χ2n) is 5.98. The fourth-order valence-corrected chi connectivity index (χ4v) is 2.20. The normalized spacial score (nSPS) is 12.2.